The number of carbonyl (C=O) groups excluding carboxylic acids is 3. The Morgan fingerprint density at radius 3 is 2.35 bits per heavy atom. The lowest BCUT2D eigenvalue weighted by molar-refractivity contribution is -0.138. The summed E-state index contributed by atoms with van der Waals surface area (Å²) in [5, 5.41) is 0. The largest absolute Gasteiger partial charge is 0.339 e. The van der Waals surface area contributed by atoms with E-state index in [-0.39, 0.29) is 35.9 Å². The number of hydrogen-bond acceptors (Lipinski definition) is 5. The lowest BCUT2D eigenvalue weighted by Crippen LogP contribution is -2.50. The van der Waals surface area contributed by atoms with E-state index in [4.69, 9.17) is 0 Å². The van der Waals surface area contributed by atoms with E-state index < -0.39 is 0 Å². The molecule has 0 saturated carbocycles. The number of aromatic nitrogens is 2. The molecule has 142 valence electrons. The van der Waals surface area contributed by atoms with Crippen LogP contribution in [0.15, 0.2) is 18.6 Å². The summed E-state index contributed by atoms with van der Waals surface area (Å²) in [5.41, 5.74) is 0.287. The fraction of sp³-hybridized carbons (Fsp3) is 0.611. The summed E-state index contributed by atoms with van der Waals surface area (Å²) in [7, 11) is 0. The van der Waals surface area contributed by atoms with Crippen LogP contribution in [0.4, 0.5) is 0 Å². The normalized spacial score (nSPS) is 15.5. The molecule has 0 aromatic carbocycles. The van der Waals surface area contributed by atoms with E-state index in [1.807, 2.05) is 13.8 Å². The summed E-state index contributed by atoms with van der Waals surface area (Å²) >= 11 is 0. The summed E-state index contributed by atoms with van der Waals surface area (Å²) in [6, 6.07) is 0.00636. The molecule has 0 radical (unpaired) electrons. The minimum absolute atomic E-state index is 0.00636. The van der Waals surface area contributed by atoms with E-state index in [1.165, 1.54) is 18.6 Å². The molecule has 1 atom stereocenters. The van der Waals surface area contributed by atoms with Gasteiger partial charge in [-0.1, -0.05) is 6.92 Å². The molecule has 8 heteroatoms. The van der Waals surface area contributed by atoms with Gasteiger partial charge in [0.1, 0.15) is 5.69 Å². The Bertz CT molecular complexity index is 629. The van der Waals surface area contributed by atoms with Gasteiger partial charge >= 0.3 is 0 Å². The predicted octanol–water partition coefficient (Wildman–Crippen LogP) is 0.798. The van der Waals surface area contributed by atoms with Crippen LogP contribution in [0, 0.1) is 0 Å². The molecule has 2 rings (SSSR count). The molecule has 1 aromatic heterocycles. The number of piperazine rings is 1. The molecule has 1 aromatic rings. The smallest absolute Gasteiger partial charge is 0.274 e. The van der Waals surface area contributed by atoms with Gasteiger partial charge in [-0.05, 0) is 13.3 Å². The molecule has 1 aliphatic rings. The minimum Gasteiger partial charge on any atom is -0.339 e. The summed E-state index contributed by atoms with van der Waals surface area (Å²) in [4.78, 5) is 49.8. The van der Waals surface area contributed by atoms with Crippen molar-refractivity contribution in [2.24, 2.45) is 0 Å². The third-order valence-electron chi connectivity index (χ3n) is 4.81. The summed E-state index contributed by atoms with van der Waals surface area (Å²) in [6.07, 6.45) is 5.50. The molecule has 0 spiro atoms. The van der Waals surface area contributed by atoms with Gasteiger partial charge in [0.05, 0.1) is 6.20 Å². The van der Waals surface area contributed by atoms with Gasteiger partial charge in [0, 0.05) is 64.5 Å². The van der Waals surface area contributed by atoms with Crippen LogP contribution in [0.25, 0.3) is 0 Å². The van der Waals surface area contributed by atoms with E-state index in [9.17, 15) is 14.4 Å². The van der Waals surface area contributed by atoms with E-state index >= 15 is 0 Å². The minimum atomic E-state index is -0.207. The molecule has 1 fully saturated rings. The number of hydrogen-bond donors (Lipinski definition) is 0. The predicted molar refractivity (Wildman–Crippen MR) is 96.3 cm³/mol. The van der Waals surface area contributed by atoms with E-state index in [0.29, 0.717) is 32.7 Å². The van der Waals surface area contributed by atoms with Crippen molar-refractivity contribution in [1.82, 2.24) is 24.7 Å². The van der Waals surface area contributed by atoms with Crippen LogP contribution >= 0.6 is 0 Å². The Balaban J connectivity index is 1.94. The van der Waals surface area contributed by atoms with E-state index in [2.05, 4.69) is 9.97 Å². The monoisotopic (exact) mass is 361 g/mol. The molecule has 26 heavy (non-hydrogen) atoms. The Morgan fingerprint density at radius 1 is 1.15 bits per heavy atom. The van der Waals surface area contributed by atoms with Gasteiger partial charge in [0.2, 0.25) is 11.8 Å². The second-order valence-electron chi connectivity index (χ2n) is 6.48. The number of rotatable bonds is 6. The van der Waals surface area contributed by atoms with E-state index in [0.717, 1.165) is 6.42 Å². The Labute approximate surface area is 154 Å². The van der Waals surface area contributed by atoms with Crippen LogP contribution in [0.3, 0.4) is 0 Å². The van der Waals surface area contributed by atoms with Crippen molar-refractivity contribution in [2.75, 3.05) is 32.7 Å². The van der Waals surface area contributed by atoms with E-state index in [1.54, 1.807) is 21.6 Å². The number of carbonyl (C=O) groups is 3. The van der Waals surface area contributed by atoms with Crippen molar-refractivity contribution >= 4 is 17.7 Å². The van der Waals surface area contributed by atoms with Gasteiger partial charge in [-0.15, -0.1) is 0 Å². The van der Waals surface area contributed by atoms with Crippen molar-refractivity contribution in [3.63, 3.8) is 0 Å². The fourth-order valence-electron chi connectivity index (χ4n) is 2.94. The van der Waals surface area contributed by atoms with Gasteiger partial charge in [0.25, 0.3) is 5.91 Å². The number of amides is 3. The van der Waals surface area contributed by atoms with Crippen molar-refractivity contribution < 1.29 is 14.4 Å². The molecule has 1 unspecified atom stereocenters. The average Bonchev–Trinajstić information content (AvgIpc) is 2.68. The lowest BCUT2D eigenvalue weighted by Gasteiger charge is -2.35. The van der Waals surface area contributed by atoms with Crippen LogP contribution < -0.4 is 0 Å². The first-order chi connectivity index (χ1) is 12.4. The van der Waals surface area contributed by atoms with Crippen LogP contribution in [0.2, 0.25) is 0 Å². The highest BCUT2D eigenvalue weighted by Gasteiger charge is 2.25. The molecule has 3 amide bonds. The molecule has 1 aliphatic heterocycles. The summed E-state index contributed by atoms with van der Waals surface area (Å²) in [6.45, 7) is 8.06. The van der Waals surface area contributed by atoms with Crippen molar-refractivity contribution in [2.45, 2.75) is 39.7 Å². The van der Waals surface area contributed by atoms with Gasteiger partial charge in [-0.3, -0.25) is 19.4 Å². The Morgan fingerprint density at radius 2 is 1.81 bits per heavy atom. The fourth-order valence-corrected chi connectivity index (χ4v) is 2.94. The third kappa shape index (κ3) is 5.00. The zero-order valence-corrected chi connectivity index (χ0v) is 15.7. The zero-order valence-electron chi connectivity index (χ0n) is 15.7. The van der Waals surface area contributed by atoms with Gasteiger partial charge in [0.15, 0.2) is 0 Å². The lowest BCUT2D eigenvalue weighted by atomic mass is 10.2. The molecule has 0 N–H and O–H groups in total. The molecule has 2 heterocycles. The highest BCUT2D eigenvalue weighted by Crippen LogP contribution is 2.11. The van der Waals surface area contributed by atoms with Crippen molar-refractivity contribution in [3.8, 4) is 0 Å². The first-order valence-corrected chi connectivity index (χ1v) is 9.04. The van der Waals surface area contributed by atoms with Gasteiger partial charge in [-0.2, -0.15) is 0 Å². The first-order valence-electron chi connectivity index (χ1n) is 9.04. The Kier molecular flexibility index (Phi) is 7.06. The SMILES string of the molecule is CCC(C)N(CCC(=O)N1CCN(C(C)=O)CC1)C(=O)c1cnccn1. The first kappa shape index (κ1) is 19.8. The zero-order chi connectivity index (χ0) is 19.1. The van der Waals surface area contributed by atoms with Crippen LogP contribution in [0.5, 0.6) is 0 Å². The number of nitrogens with zero attached hydrogens (tertiary/aromatic N) is 5. The second kappa shape index (κ2) is 9.26. The third-order valence-corrected chi connectivity index (χ3v) is 4.81. The van der Waals surface area contributed by atoms with Crippen molar-refractivity contribution in [3.05, 3.63) is 24.3 Å². The molecular weight excluding hydrogens is 334 g/mol. The van der Waals surface area contributed by atoms with Crippen LogP contribution in [-0.4, -0.2) is 81.2 Å². The standard InChI is InChI=1S/C18H27N5O3/c1-4-14(2)23(18(26)16-13-19-6-7-20-16)8-5-17(25)22-11-9-21(10-12-22)15(3)24/h6-7,13-14H,4-5,8-12H2,1-3H3. The van der Waals surface area contributed by atoms with Crippen LogP contribution in [-0.2, 0) is 9.59 Å². The molecule has 1 saturated heterocycles. The Hall–Kier alpha value is -2.51. The van der Waals surface area contributed by atoms with Crippen LogP contribution in [0.1, 0.15) is 44.1 Å². The topological polar surface area (TPSA) is 86.7 Å². The maximum atomic E-state index is 12.7. The summed E-state index contributed by atoms with van der Waals surface area (Å²) in [5.74, 6) is -0.162. The van der Waals surface area contributed by atoms with Gasteiger partial charge < -0.3 is 14.7 Å². The second-order valence-corrected chi connectivity index (χ2v) is 6.48. The maximum Gasteiger partial charge on any atom is 0.274 e. The molecule has 8 nitrogen and oxygen atoms in total. The molecule has 0 bridgehead atoms. The van der Waals surface area contributed by atoms with Gasteiger partial charge in [-0.25, -0.2) is 4.98 Å². The van der Waals surface area contributed by atoms with Crippen molar-refractivity contribution in [1.29, 1.82) is 0 Å². The maximum absolute atomic E-state index is 12.7. The average molecular weight is 361 g/mol. The summed E-state index contributed by atoms with van der Waals surface area (Å²) < 4.78 is 0. The highest BCUT2D eigenvalue weighted by atomic mass is 16.2. The molecular formula is C18H27N5O3. The highest BCUT2D eigenvalue weighted by molar-refractivity contribution is 5.92. The molecule has 0 aliphatic carbocycles. The quantitative estimate of drug-likeness (QED) is 0.748.